The van der Waals surface area contributed by atoms with E-state index in [4.69, 9.17) is 9.72 Å². The fourth-order valence-electron chi connectivity index (χ4n) is 4.44. The Morgan fingerprint density at radius 1 is 1.08 bits per heavy atom. The predicted molar refractivity (Wildman–Crippen MR) is 141 cm³/mol. The Hall–Kier alpha value is -3.88. The number of carbonyl (C=O) groups excluding carboxylic acids is 2. The zero-order valence-electron chi connectivity index (χ0n) is 22.2. The minimum Gasteiger partial charge on any atom is -0.444 e. The van der Waals surface area contributed by atoms with Crippen LogP contribution in [0.5, 0.6) is 0 Å². The van der Waals surface area contributed by atoms with E-state index in [1.165, 1.54) is 12.1 Å². The van der Waals surface area contributed by atoms with Crippen LogP contribution < -0.4 is 10.6 Å². The third-order valence-electron chi connectivity index (χ3n) is 6.03. The number of nitrogens with zero attached hydrogens (tertiary/aromatic N) is 3. The van der Waals surface area contributed by atoms with E-state index in [0.717, 1.165) is 22.6 Å². The summed E-state index contributed by atoms with van der Waals surface area (Å²) < 4.78 is 21.0. The molecule has 2 heterocycles. The summed E-state index contributed by atoms with van der Waals surface area (Å²) in [5.41, 5.74) is 2.31. The van der Waals surface area contributed by atoms with Crippen molar-refractivity contribution in [2.75, 3.05) is 18.4 Å². The number of imidazole rings is 1. The Kier molecular flexibility index (Phi) is 6.99. The van der Waals surface area contributed by atoms with E-state index in [0.29, 0.717) is 18.1 Å². The van der Waals surface area contributed by atoms with E-state index in [1.807, 2.05) is 45.0 Å². The molecule has 0 fully saturated rings. The van der Waals surface area contributed by atoms with Crippen LogP contribution in [-0.2, 0) is 21.6 Å². The molecule has 0 aliphatic carbocycles. The molecule has 0 atom stereocenters. The lowest BCUT2D eigenvalue weighted by atomic mass is 10.0. The Labute approximate surface area is 216 Å². The third-order valence-corrected chi connectivity index (χ3v) is 6.03. The van der Waals surface area contributed by atoms with Crippen LogP contribution in [0, 0.1) is 12.7 Å². The SMILES string of the molecule is Cc1ccc(Nc2c(-c3ccc(F)cc3)nc3n2C(C)(C)CN(C(=O)CNC(=O)OC(C)(C)C)C3)cc1. The monoisotopic (exact) mass is 507 g/mol. The third kappa shape index (κ3) is 6.10. The number of hydrogen-bond acceptors (Lipinski definition) is 5. The Morgan fingerprint density at radius 2 is 1.73 bits per heavy atom. The van der Waals surface area contributed by atoms with Crippen LogP contribution in [0.2, 0.25) is 0 Å². The summed E-state index contributed by atoms with van der Waals surface area (Å²) in [7, 11) is 0. The van der Waals surface area contributed by atoms with Gasteiger partial charge in [0.2, 0.25) is 5.91 Å². The van der Waals surface area contributed by atoms with Crippen molar-refractivity contribution in [3.05, 3.63) is 65.7 Å². The molecule has 196 valence electrons. The largest absolute Gasteiger partial charge is 0.444 e. The van der Waals surface area contributed by atoms with Crippen LogP contribution in [0.1, 0.15) is 46.0 Å². The summed E-state index contributed by atoms with van der Waals surface area (Å²) in [5.74, 6) is 0.908. The number of anilines is 2. The molecule has 2 amide bonds. The van der Waals surface area contributed by atoms with Gasteiger partial charge in [-0.3, -0.25) is 4.79 Å². The molecule has 37 heavy (non-hydrogen) atoms. The number of aromatic nitrogens is 2. The fraction of sp³-hybridized carbons (Fsp3) is 0.393. The summed E-state index contributed by atoms with van der Waals surface area (Å²) in [6.45, 7) is 11.9. The van der Waals surface area contributed by atoms with Gasteiger partial charge in [0.05, 0.1) is 12.1 Å². The number of ether oxygens (including phenoxy) is 1. The zero-order valence-corrected chi connectivity index (χ0v) is 22.2. The molecule has 3 aromatic rings. The Morgan fingerprint density at radius 3 is 2.35 bits per heavy atom. The van der Waals surface area contributed by atoms with E-state index in [1.54, 1.807) is 37.8 Å². The first-order valence-corrected chi connectivity index (χ1v) is 12.3. The van der Waals surface area contributed by atoms with Crippen molar-refractivity contribution >= 4 is 23.5 Å². The summed E-state index contributed by atoms with van der Waals surface area (Å²) >= 11 is 0. The van der Waals surface area contributed by atoms with Crippen molar-refractivity contribution in [3.8, 4) is 11.3 Å². The van der Waals surface area contributed by atoms with E-state index in [9.17, 15) is 14.0 Å². The zero-order chi connectivity index (χ0) is 27.0. The van der Waals surface area contributed by atoms with Gasteiger partial charge in [-0.05, 0) is 77.9 Å². The van der Waals surface area contributed by atoms with Gasteiger partial charge in [-0.25, -0.2) is 14.2 Å². The van der Waals surface area contributed by atoms with Gasteiger partial charge < -0.3 is 24.8 Å². The summed E-state index contributed by atoms with van der Waals surface area (Å²) in [6.07, 6.45) is -0.637. The normalized spacial score (nSPS) is 14.6. The standard InChI is InChI=1S/C28H34FN5O3/c1-18-7-13-21(14-8-18)31-25-24(19-9-11-20(29)12-10-19)32-22-16-33(17-28(5,6)34(22)25)23(35)15-30-26(36)37-27(2,3)4/h7-14,31H,15-17H2,1-6H3,(H,30,36). The molecule has 0 saturated heterocycles. The number of nitrogens with one attached hydrogen (secondary N) is 2. The van der Waals surface area contributed by atoms with Gasteiger partial charge in [0.15, 0.2) is 0 Å². The van der Waals surface area contributed by atoms with Gasteiger partial charge in [0.1, 0.15) is 35.3 Å². The molecule has 2 aromatic carbocycles. The highest BCUT2D eigenvalue weighted by molar-refractivity contribution is 5.83. The van der Waals surface area contributed by atoms with Gasteiger partial charge in [-0.15, -0.1) is 0 Å². The second-order valence-corrected chi connectivity index (χ2v) is 11.0. The molecule has 8 nitrogen and oxygen atoms in total. The fourth-order valence-corrected chi connectivity index (χ4v) is 4.44. The molecular weight excluding hydrogens is 473 g/mol. The molecule has 1 aliphatic heterocycles. The maximum absolute atomic E-state index is 13.7. The van der Waals surface area contributed by atoms with Crippen molar-refractivity contribution in [2.45, 2.75) is 59.2 Å². The highest BCUT2D eigenvalue weighted by atomic mass is 19.1. The second-order valence-electron chi connectivity index (χ2n) is 11.0. The van der Waals surface area contributed by atoms with Crippen molar-refractivity contribution < 1.29 is 18.7 Å². The molecular formula is C28H34FN5O3. The summed E-state index contributed by atoms with van der Waals surface area (Å²) in [5, 5.41) is 6.06. The maximum Gasteiger partial charge on any atom is 0.408 e. The first-order valence-electron chi connectivity index (χ1n) is 12.3. The minimum absolute atomic E-state index is 0.176. The molecule has 0 spiro atoms. The second kappa shape index (κ2) is 9.88. The number of halogens is 1. The number of hydrogen-bond donors (Lipinski definition) is 2. The smallest absolute Gasteiger partial charge is 0.408 e. The molecule has 0 radical (unpaired) electrons. The number of fused-ring (bicyclic) bond motifs is 1. The van der Waals surface area contributed by atoms with Crippen molar-refractivity contribution in [1.29, 1.82) is 0 Å². The van der Waals surface area contributed by atoms with Crippen LogP contribution >= 0.6 is 0 Å². The maximum atomic E-state index is 13.7. The number of alkyl carbamates (subject to hydrolysis) is 1. The van der Waals surface area contributed by atoms with Crippen molar-refractivity contribution in [3.63, 3.8) is 0 Å². The van der Waals surface area contributed by atoms with Gasteiger partial charge in [0, 0.05) is 17.8 Å². The first-order chi connectivity index (χ1) is 17.3. The number of carbonyl (C=O) groups is 2. The van der Waals surface area contributed by atoms with Crippen molar-refractivity contribution in [2.24, 2.45) is 0 Å². The minimum atomic E-state index is -0.650. The van der Waals surface area contributed by atoms with Crippen LogP contribution in [0.4, 0.5) is 20.7 Å². The number of amides is 2. The van der Waals surface area contributed by atoms with Crippen LogP contribution in [0.3, 0.4) is 0 Å². The summed E-state index contributed by atoms with van der Waals surface area (Å²) in [6, 6.07) is 14.3. The molecule has 0 unspecified atom stereocenters. The quantitative estimate of drug-likeness (QED) is 0.487. The van der Waals surface area contributed by atoms with Gasteiger partial charge in [-0.1, -0.05) is 17.7 Å². The molecule has 9 heteroatoms. The average molecular weight is 508 g/mol. The first kappa shape index (κ1) is 26.2. The Balaban J connectivity index is 1.65. The highest BCUT2D eigenvalue weighted by Gasteiger charge is 2.38. The van der Waals surface area contributed by atoms with E-state index < -0.39 is 17.2 Å². The molecule has 0 bridgehead atoms. The molecule has 1 aliphatic rings. The number of rotatable bonds is 5. The van der Waals surface area contributed by atoms with Gasteiger partial charge in [0.25, 0.3) is 0 Å². The highest BCUT2D eigenvalue weighted by Crippen LogP contribution is 2.38. The molecule has 4 rings (SSSR count). The van der Waals surface area contributed by atoms with Gasteiger partial charge in [-0.2, -0.15) is 0 Å². The predicted octanol–water partition coefficient (Wildman–Crippen LogP) is 5.34. The lowest BCUT2D eigenvalue weighted by Gasteiger charge is -2.40. The lowest BCUT2D eigenvalue weighted by Crippen LogP contribution is -2.51. The van der Waals surface area contributed by atoms with E-state index in [2.05, 4.69) is 15.2 Å². The van der Waals surface area contributed by atoms with Crippen LogP contribution in [-0.4, -0.2) is 45.1 Å². The Bertz CT molecular complexity index is 1290. The topological polar surface area (TPSA) is 88.5 Å². The van der Waals surface area contributed by atoms with Crippen LogP contribution in [0.25, 0.3) is 11.3 Å². The van der Waals surface area contributed by atoms with E-state index >= 15 is 0 Å². The number of aryl methyl sites for hydroxylation is 1. The molecule has 0 saturated carbocycles. The number of benzene rings is 2. The summed E-state index contributed by atoms with van der Waals surface area (Å²) in [4.78, 5) is 31.7. The van der Waals surface area contributed by atoms with E-state index in [-0.39, 0.29) is 24.8 Å². The lowest BCUT2D eigenvalue weighted by molar-refractivity contribution is -0.133. The molecule has 1 aromatic heterocycles. The average Bonchev–Trinajstić information content (AvgIpc) is 3.17. The van der Waals surface area contributed by atoms with Crippen LogP contribution in [0.15, 0.2) is 48.5 Å². The van der Waals surface area contributed by atoms with Crippen molar-refractivity contribution in [1.82, 2.24) is 19.8 Å². The molecule has 2 N–H and O–H groups in total. The van der Waals surface area contributed by atoms with Gasteiger partial charge >= 0.3 is 6.09 Å².